The minimum absolute atomic E-state index is 0.884. The van der Waals surface area contributed by atoms with Gasteiger partial charge in [0, 0.05) is 0 Å². The third kappa shape index (κ3) is 24.7. The van der Waals surface area contributed by atoms with Crippen molar-refractivity contribution in [1.82, 2.24) is 0 Å². The van der Waals surface area contributed by atoms with Crippen LogP contribution in [0.4, 0.5) is 0 Å². The van der Waals surface area contributed by atoms with Gasteiger partial charge in [-0.05, 0) is 5.92 Å². The minimum Gasteiger partial charge on any atom is -0.255 e. The van der Waals surface area contributed by atoms with Gasteiger partial charge in [-0.1, -0.05) is 27.2 Å². The molecule has 0 aliphatic heterocycles. The van der Waals surface area contributed by atoms with Crippen molar-refractivity contribution >= 4 is 0 Å². The summed E-state index contributed by atoms with van der Waals surface area (Å²) >= 11 is 0. The Bertz CT molecular complexity index is 20.0. The molecular weight excluding hydrogens is 92.1 g/mol. The van der Waals surface area contributed by atoms with Crippen LogP contribution >= 0.6 is 0 Å². The lowest BCUT2D eigenvalue weighted by Gasteiger charge is -1.90. The topological polar surface area (TPSA) is 40.5 Å². The van der Waals surface area contributed by atoms with Crippen molar-refractivity contribution in [3.63, 3.8) is 0 Å². The Kier molecular flexibility index (Phi) is 13.3. The van der Waals surface area contributed by atoms with Gasteiger partial charge in [0.15, 0.2) is 0 Å². The van der Waals surface area contributed by atoms with Gasteiger partial charge in [0.25, 0.3) is 0 Å². The molecule has 46 valence electrons. The van der Waals surface area contributed by atoms with Gasteiger partial charge in [-0.25, -0.2) is 0 Å². The van der Waals surface area contributed by atoms with Crippen LogP contribution in [0.2, 0.25) is 0 Å². The van der Waals surface area contributed by atoms with Crippen molar-refractivity contribution in [2.24, 2.45) is 5.92 Å². The lowest BCUT2D eigenvalue weighted by atomic mass is 10.2. The fourth-order valence-corrected chi connectivity index (χ4v) is 0. The molecule has 0 aromatic carbocycles. The second-order valence-corrected chi connectivity index (χ2v) is 1.80. The van der Waals surface area contributed by atoms with Gasteiger partial charge in [0.05, 0.1) is 0 Å². The summed E-state index contributed by atoms with van der Waals surface area (Å²) in [7, 11) is 0. The number of rotatable bonds is 1. The van der Waals surface area contributed by atoms with Crippen LogP contribution in [0.15, 0.2) is 0 Å². The van der Waals surface area contributed by atoms with E-state index in [1.165, 1.54) is 6.42 Å². The predicted molar refractivity (Wildman–Crippen MR) is 30.4 cm³/mol. The second kappa shape index (κ2) is 9.33. The van der Waals surface area contributed by atoms with Crippen LogP contribution < -0.4 is 0 Å². The van der Waals surface area contributed by atoms with Gasteiger partial charge in [-0.15, -0.1) is 0 Å². The Labute approximate surface area is 44.7 Å². The quantitative estimate of drug-likeness (QED) is 0.397. The van der Waals surface area contributed by atoms with Crippen molar-refractivity contribution in [2.45, 2.75) is 27.2 Å². The van der Waals surface area contributed by atoms with Gasteiger partial charge in [0.1, 0.15) is 0 Å². The van der Waals surface area contributed by atoms with Crippen molar-refractivity contribution < 1.29 is 10.5 Å². The molecule has 0 radical (unpaired) electrons. The van der Waals surface area contributed by atoms with E-state index in [0.29, 0.717) is 0 Å². The summed E-state index contributed by atoms with van der Waals surface area (Å²) in [5.41, 5.74) is 0. The molecule has 2 nitrogen and oxygen atoms in total. The molecular formula is C5H14O2. The predicted octanol–water partition coefficient (Wildman–Crippen LogP) is 2.07. The van der Waals surface area contributed by atoms with E-state index in [9.17, 15) is 0 Å². The first-order valence-electron chi connectivity index (χ1n) is 2.47. The highest BCUT2D eigenvalue weighted by atomic mass is 17.0. The van der Waals surface area contributed by atoms with E-state index in [4.69, 9.17) is 10.5 Å². The third-order valence-corrected chi connectivity index (χ3v) is 0.816. The summed E-state index contributed by atoms with van der Waals surface area (Å²) in [6.07, 6.45) is 1.31. The highest BCUT2D eigenvalue weighted by Gasteiger charge is 1.80. The molecule has 2 heteroatoms. The second-order valence-electron chi connectivity index (χ2n) is 1.80. The zero-order valence-corrected chi connectivity index (χ0v) is 5.18. The average molecular weight is 106 g/mol. The van der Waals surface area contributed by atoms with Crippen LogP contribution in [0, 0.1) is 5.92 Å². The average Bonchev–Trinajstić information content (AvgIpc) is 1.73. The van der Waals surface area contributed by atoms with E-state index in [2.05, 4.69) is 20.8 Å². The van der Waals surface area contributed by atoms with Crippen molar-refractivity contribution in [1.29, 1.82) is 0 Å². The molecule has 0 saturated heterocycles. The number of hydrogen-bond donors (Lipinski definition) is 2. The van der Waals surface area contributed by atoms with Gasteiger partial charge in [0.2, 0.25) is 0 Å². The van der Waals surface area contributed by atoms with E-state index in [0.717, 1.165) is 5.92 Å². The Morgan fingerprint density at radius 3 is 1.43 bits per heavy atom. The Morgan fingerprint density at radius 1 is 1.29 bits per heavy atom. The van der Waals surface area contributed by atoms with Crippen molar-refractivity contribution in [2.75, 3.05) is 0 Å². The molecule has 7 heavy (non-hydrogen) atoms. The van der Waals surface area contributed by atoms with E-state index < -0.39 is 0 Å². The monoisotopic (exact) mass is 106 g/mol. The summed E-state index contributed by atoms with van der Waals surface area (Å²) in [6, 6.07) is 0. The van der Waals surface area contributed by atoms with Gasteiger partial charge >= 0.3 is 0 Å². The highest BCUT2D eigenvalue weighted by molar-refractivity contribution is 4.32. The SMILES string of the molecule is CCC(C)C.OO. The summed E-state index contributed by atoms with van der Waals surface area (Å²) in [5, 5.41) is 12.0. The Morgan fingerprint density at radius 2 is 1.43 bits per heavy atom. The van der Waals surface area contributed by atoms with E-state index >= 15 is 0 Å². The highest BCUT2D eigenvalue weighted by Crippen LogP contribution is 1.93. The Hall–Kier alpha value is -0.0800. The zero-order valence-electron chi connectivity index (χ0n) is 5.18. The molecule has 0 spiro atoms. The first-order chi connectivity index (χ1) is 3.27. The van der Waals surface area contributed by atoms with E-state index in [-0.39, 0.29) is 0 Å². The van der Waals surface area contributed by atoms with Gasteiger partial charge in [-0.2, -0.15) is 0 Å². The molecule has 0 heterocycles. The van der Waals surface area contributed by atoms with Crippen LogP contribution in [-0.4, -0.2) is 10.5 Å². The maximum Gasteiger partial charge on any atom is -0.0474 e. The van der Waals surface area contributed by atoms with Crippen LogP contribution in [0.3, 0.4) is 0 Å². The first-order valence-corrected chi connectivity index (χ1v) is 2.47. The summed E-state index contributed by atoms with van der Waals surface area (Å²) in [5.74, 6) is 0.884. The molecule has 0 fully saturated rings. The summed E-state index contributed by atoms with van der Waals surface area (Å²) in [6.45, 7) is 6.64. The molecule has 0 rings (SSSR count). The molecule has 2 N–H and O–H groups in total. The lowest BCUT2D eigenvalue weighted by Crippen LogP contribution is -1.77. The normalized spacial score (nSPS) is 7.71. The summed E-state index contributed by atoms with van der Waals surface area (Å²) < 4.78 is 0. The van der Waals surface area contributed by atoms with Crippen LogP contribution in [0.25, 0.3) is 0 Å². The van der Waals surface area contributed by atoms with Crippen LogP contribution in [-0.2, 0) is 0 Å². The van der Waals surface area contributed by atoms with E-state index in [1.807, 2.05) is 0 Å². The van der Waals surface area contributed by atoms with E-state index in [1.54, 1.807) is 0 Å². The standard InChI is InChI=1S/C5H12.H2O2/c1-4-5(2)3;1-2/h5H,4H2,1-3H3;1-2H. The van der Waals surface area contributed by atoms with Crippen LogP contribution in [0.5, 0.6) is 0 Å². The Balaban J connectivity index is 0. The summed E-state index contributed by atoms with van der Waals surface area (Å²) in [4.78, 5) is 0. The van der Waals surface area contributed by atoms with Crippen molar-refractivity contribution in [3.8, 4) is 0 Å². The van der Waals surface area contributed by atoms with Crippen molar-refractivity contribution in [3.05, 3.63) is 0 Å². The maximum atomic E-state index is 6.00. The lowest BCUT2D eigenvalue weighted by molar-refractivity contribution is -0.176. The fourth-order valence-electron chi connectivity index (χ4n) is 0. The van der Waals surface area contributed by atoms with Crippen LogP contribution in [0.1, 0.15) is 27.2 Å². The van der Waals surface area contributed by atoms with Gasteiger partial charge < -0.3 is 0 Å². The smallest absolute Gasteiger partial charge is 0.0474 e. The molecule has 0 unspecified atom stereocenters. The molecule has 0 aromatic rings. The fraction of sp³-hybridized carbons (Fsp3) is 1.00. The molecule has 0 saturated carbocycles. The number of hydrogen-bond acceptors (Lipinski definition) is 2. The zero-order chi connectivity index (χ0) is 6.28. The molecule has 0 aromatic heterocycles. The first kappa shape index (κ1) is 10.0. The third-order valence-electron chi connectivity index (χ3n) is 0.816. The minimum atomic E-state index is 0.884. The van der Waals surface area contributed by atoms with Gasteiger partial charge in [-0.3, -0.25) is 10.5 Å². The molecule has 0 amide bonds. The maximum absolute atomic E-state index is 6.00. The molecule has 0 bridgehead atoms. The molecule has 0 atom stereocenters. The largest absolute Gasteiger partial charge is 0.255 e. The molecule has 0 aliphatic rings. The molecule has 0 aliphatic carbocycles.